The van der Waals surface area contributed by atoms with E-state index in [9.17, 15) is 9.59 Å². The third-order valence-electron chi connectivity index (χ3n) is 4.11. The molecule has 1 aliphatic rings. The number of ether oxygens (including phenoxy) is 2. The molecule has 0 aliphatic carbocycles. The Morgan fingerprint density at radius 1 is 1.27 bits per heavy atom. The minimum absolute atomic E-state index is 0.00292. The number of anilines is 2. The molecule has 4 rings (SSSR count). The summed E-state index contributed by atoms with van der Waals surface area (Å²) in [5.74, 6) is 0.867. The maximum Gasteiger partial charge on any atom is 0.262 e. The van der Waals surface area contributed by atoms with Gasteiger partial charge in [-0.1, -0.05) is 0 Å². The molecule has 0 atom stereocenters. The first-order valence-electron chi connectivity index (χ1n) is 8.03. The Balaban J connectivity index is 1.49. The van der Waals surface area contributed by atoms with Crippen molar-refractivity contribution < 1.29 is 23.5 Å². The van der Waals surface area contributed by atoms with Crippen LogP contribution in [0.25, 0.3) is 11.0 Å². The van der Waals surface area contributed by atoms with Gasteiger partial charge in [-0.05, 0) is 30.3 Å². The minimum Gasteiger partial charge on any atom is -0.497 e. The summed E-state index contributed by atoms with van der Waals surface area (Å²) in [5.41, 5.74) is 2.57. The van der Waals surface area contributed by atoms with Crippen LogP contribution >= 0.6 is 0 Å². The van der Waals surface area contributed by atoms with Gasteiger partial charge < -0.3 is 24.5 Å². The summed E-state index contributed by atoms with van der Waals surface area (Å²) in [7, 11) is 1.59. The topological polar surface area (TPSA) is 89.8 Å². The summed E-state index contributed by atoms with van der Waals surface area (Å²) in [6.07, 6.45) is 1.74. The van der Waals surface area contributed by atoms with Crippen molar-refractivity contribution in [3.8, 4) is 11.5 Å². The lowest BCUT2D eigenvalue weighted by Gasteiger charge is -2.18. The quantitative estimate of drug-likeness (QED) is 0.753. The maximum absolute atomic E-state index is 12.4. The van der Waals surface area contributed by atoms with Crippen LogP contribution in [0.5, 0.6) is 11.5 Å². The van der Waals surface area contributed by atoms with Gasteiger partial charge in [0, 0.05) is 22.7 Å². The largest absolute Gasteiger partial charge is 0.497 e. The summed E-state index contributed by atoms with van der Waals surface area (Å²) >= 11 is 0. The first-order chi connectivity index (χ1) is 12.6. The highest BCUT2D eigenvalue weighted by Gasteiger charge is 2.17. The Kier molecular flexibility index (Phi) is 3.96. The number of carbonyl (C=O) groups is 2. The lowest BCUT2D eigenvalue weighted by molar-refractivity contribution is -0.118. The van der Waals surface area contributed by atoms with Crippen LogP contribution in [-0.4, -0.2) is 25.5 Å². The summed E-state index contributed by atoms with van der Waals surface area (Å²) < 4.78 is 16.0. The molecular formula is C19H16N2O5. The van der Waals surface area contributed by atoms with Crippen molar-refractivity contribution in [3.63, 3.8) is 0 Å². The van der Waals surface area contributed by atoms with E-state index in [0.29, 0.717) is 28.5 Å². The van der Waals surface area contributed by atoms with E-state index < -0.39 is 0 Å². The Morgan fingerprint density at radius 2 is 2.15 bits per heavy atom. The normalized spacial score (nSPS) is 12.9. The van der Waals surface area contributed by atoms with Gasteiger partial charge in [-0.25, -0.2) is 0 Å². The molecule has 0 bridgehead atoms. The number of rotatable bonds is 4. The van der Waals surface area contributed by atoms with Crippen LogP contribution in [0.15, 0.2) is 47.1 Å². The second-order valence-corrected chi connectivity index (χ2v) is 5.90. The minimum atomic E-state index is -0.221. The molecule has 2 heterocycles. The van der Waals surface area contributed by atoms with E-state index in [1.807, 2.05) is 12.1 Å². The van der Waals surface area contributed by atoms with E-state index in [2.05, 4.69) is 10.6 Å². The van der Waals surface area contributed by atoms with Crippen molar-refractivity contribution in [2.45, 2.75) is 6.42 Å². The van der Waals surface area contributed by atoms with Gasteiger partial charge in [-0.2, -0.15) is 0 Å². The van der Waals surface area contributed by atoms with Crippen molar-refractivity contribution in [1.29, 1.82) is 0 Å². The van der Waals surface area contributed by atoms with Crippen LogP contribution < -0.4 is 20.1 Å². The van der Waals surface area contributed by atoms with Gasteiger partial charge in [-0.3, -0.25) is 9.59 Å². The molecule has 0 spiro atoms. The van der Waals surface area contributed by atoms with Crippen LogP contribution in [0.4, 0.5) is 11.4 Å². The van der Waals surface area contributed by atoms with Crippen molar-refractivity contribution in [2.75, 3.05) is 24.4 Å². The number of hydrogen-bond donors (Lipinski definition) is 2. The third kappa shape index (κ3) is 3.06. The molecule has 7 heteroatoms. The van der Waals surface area contributed by atoms with Gasteiger partial charge in [0.25, 0.3) is 5.91 Å². The first-order valence-corrected chi connectivity index (χ1v) is 8.03. The predicted molar refractivity (Wildman–Crippen MR) is 95.7 cm³/mol. The van der Waals surface area contributed by atoms with E-state index in [-0.39, 0.29) is 24.8 Å². The molecule has 7 nitrogen and oxygen atoms in total. The summed E-state index contributed by atoms with van der Waals surface area (Å²) in [4.78, 5) is 23.8. The fourth-order valence-corrected chi connectivity index (χ4v) is 2.87. The molecule has 2 N–H and O–H groups in total. The second kappa shape index (κ2) is 6.44. The number of benzene rings is 2. The van der Waals surface area contributed by atoms with Crippen molar-refractivity contribution >= 4 is 34.2 Å². The number of hydrogen-bond acceptors (Lipinski definition) is 5. The number of fused-ring (bicyclic) bond motifs is 2. The number of amides is 2. The Labute approximate surface area is 148 Å². The monoisotopic (exact) mass is 352 g/mol. The van der Waals surface area contributed by atoms with Crippen molar-refractivity contribution in [3.05, 3.63) is 48.2 Å². The van der Waals surface area contributed by atoms with E-state index >= 15 is 0 Å². The lowest BCUT2D eigenvalue weighted by Crippen LogP contribution is -2.25. The molecule has 0 radical (unpaired) electrons. The van der Waals surface area contributed by atoms with Gasteiger partial charge in [0.1, 0.15) is 17.1 Å². The molecule has 0 fully saturated rings. The lowest BCUT2D eigenvalue weighted by atomic mass is 10.1. The second-order valence-electron chi connectivity index (χ2n) is 5.90. The zero-order valence-corrected chi connectivity index (χ0v) is 14.0. The highest BCUT2D eigenvalue weighted by atomic mass is 16.5. The van der Waals surface area contributed by atoms with Gasteiger partial charge in [-0.15, -0.1) is 0 Å². The van der Waals surface area contributed by atoms with Gasteiger partial charge >= 0.3 is 0 Å². The average Bonchev–Trinajstić information content (AvgIpc) is 3.03. The number of furan rings is 1. The summed E-state index contributed by atoms with van der Waals surface area (Å²) in [6, 6.07) is 10.6. The summed E-state index contributed by atoms with van der Waals surface area (Å²) in [6.45, 7) is -0.00292. The highest BCUT2D eigenvalue weighted by molar-refractivity contribution is 5.99. The smallest absolute Gasteiger partial charge is 0.262 e. The Hall–Kier alpha value is -3.48. The summed E-state index contributed by atoms with van der Waals surface area (Å²) in [5, 5.41) is 6.40. The van der Waals surface area contributed by atoms with Gasteiger partial charge in [0.05, 0.1) is 25.5 Å². The molecule has 1 aromatic heterocycles. The predicted octanol–water partition coefficient (Wildman–Crippen LogP) is 2.95. The third-order valence-corrected chi connectivity index (χ3v) is 4.11. The van der Waals surface area contributed by atoms with Crippen molar-refractivity contribution in [1.82, 2.24) is 0 Å². The van der Waals surface area contributed by atoms with Crippen LogP contribution in [0.2, 0.25) is 0 Å². The fraction of sp³-hybridized carbons (Fsp3) is 0.158. The van der Waals surface area contributed by atoms with E-state index in [4.69, 9.17) is 13.9 Å². The molecule has 1 aliphatic heterocycles. The van der Waals surface area contributed by atoms with Crippen LogP contribution in [0.3, 0.4) is 0 Å². The highest BCUT2D eigenvalue weighted by Crippen LogP contribution is 2.31. The zero-order chi connectivity index (χ0) is 18.1. The molecule has 0 saturated heterocycles. The molecule has 2 aromatic carbocycles. The molecule has 3 aromatic rings. The Bertz CT molecular complexity index is 1010. The maximum atomic E-state index is 12.4. The van der Waals surface area contributed by atoms with Crippen LogP contribution in [0, 0.1) is 0 Å². The Morgan fingerprint density at radius 3 is 3.00 bits per heavy atom. The van der Waals surface area contributed by atoms with Gasteiger partial charge in [0.2, 0.25) is 5.91 Å². The molecule has 132 valence electrons. The van der Waals surface area contributed by atoms with Crippen molar-refractivity contribution in [2.24, 2.45) is 0 Å². The number of nitrogens with one attached hydrogen (secondary N) is 2. The van der Waals surface area contributed by atoms with E-state index in [0.717, 1.165) is 10.9 Å². The molecule has 26 heavy (non-hydrogen) atoms. The molecule has 0 unspecified atom stereocenters. The molecular weight excluding hydrogens is 336 g/mol. The average molecular weight is 352 g/mol. The zero-order valence-electron chi connectivity index (χ0n) is 14.0. The number of methoxy groups -OCH3 is 1. The van der Waals surface area contributed by atoms with E-state index in [1.54, 1.807) is 37.6 Å². The first kappa shape index (κ1) is 16.0. The molecule has 0 saturated carbocycles. The molecule has 2 amide bonds. The SMILES string of the molecule is COc1ccc2c(CC(=O)Nc3ccc4c(c3)NC(=O)CO4)coc2c1. The van der Waals surface area contributed by atoms with E-state index in [1.165, 1.54) is 0 Å². The van der Waals surface area contributed by atoms with Gasteiger partial charge in [0.15, 0.2) is 6.61 Å². The van der Waals surface area contributed by atoms with Crippen LogP contribution in [-0.2, 0) is 16.0 Å². The fourth-order valence-electron chi connectivity index (χ4n) is 2.87. The standard InChI is InChI=1S/C19H16N2O5/c1-24-13-3-4-14-11(9-25-17(14)8-13)6-18(22)20-12-2-5-16-15(7-12)21-19(23)10-26-16/h2-5,7-9H,6,10H2,1H3,(H,20,22)(H,21,23). The number of carbonyl (C=O) groups excluding carboxylic acids is 2. The van der Waals surface area contributed by atoms with Crippen LogP contribution in [0.1, 0.15) is 5.56 Å².